The quantitative estimate of drug-likeness (QED) is 0.758. The van der Waals surface area contributed by atoms with Crippen LogP contribution in [0.25, 0.3) is 0 Å². The number of ketones is 1. The third-order valence-electron chi connectivity index (χ3n) is 6.53. The Labute approximate surface area is 183 Å². The van der Waals surface area contributed by atoms with Crippen LogP contribution in [0.1, 0.15) is 40.7 Å². The van der Waals surface area contributed by atoms with E-state index in [1.807, 2.05) is 48.2 Å². The zero-order valence-corrected chi connectivity index (χ0v) is 18.4. The lowest BCUT2D eigenvalue weighted by Gasteiger charge is -2.33. The first-order chi connectivity index (χ1) is 15.0. The molecule has 31 heavy (non-hydrogen) atoms. The van der Waals surface area contributed by atoms with Gasteiger partial charge in [0.1, 0.15) is 0 Å². The van der Waals surface area contributed by atoms with Gasteiger partial charge in [-0.05, 0) is 68.4 Å². The summed E-state index contributed by atoms with van der Waals surface area (Å²) in [5.41, 5.74) is 3.79. The fraction of sp³-hybridized carbons (Fsp3) is 0.440. The van der Waals surface area contributed by atoms with Crippen molar-refractivity contribution in [2.45, 2.75) is 32.6 Å². The number of nitrogens with zero attached hydrogens (tertiary/aromatic N) is 1. The number of hydrogen-bond donors (Lipinski definition) is 1. The second kappa shape index (κ2) is 9.00. The number of amides is 2. The lowest BCUT2D eigenvalue weighted by atomic mass is 9.85. The van der Waals surface area contributed by atoms with Crippen LogP contribution in [0.15, 0.2) is 36.4 Å². The summed E-state index contributed by atoms with van der Waals surface area (Å²) in [6.07, 6.45) is 3.47. The summed E-state index contributed by atoms with van der Waals surface area (Å²) in [4.78, 5) is 27.4. The molecule has 2 amide bonds. The Morgan fingerprint density at radius 2 is 1.71 bits per heavy atom. The summed E-state index contributed by atoms with van der Waals surface area (Å²) in [6.45, 7) is 3.46. The maximum Gasteiger partial charge on any atom is 0.321 e. The first-order valence-corrected chi connectivity index (χ1v) is 10.9. The van der Waals surface area contributed by atoms with Crippen molar-refractivity contribution >= 4 is 17.5 Å². The van der Waals surface area contributed by atoms with Gasteiger partial charge in [-0.3, -0.25) is 4.79 Å². The number of methoxy groups -OCH3 is 2. The Hall–Kier alpha value is -3.02. The molecule has 0 radical (unpaired) electrons. The van der Waals surface area contributed by atoms with E-state index in [9.17, 15) is 9.59 Å². The number of fused-ring (bicyclic) bond motifs is 1. The fourth-order valence-electron chi connectivity index (χ4n) is 4.70. The smallest absolute Gasteiger partial charge is 0.321 e. The van der Waals surface area contributed by atoms with Gasteiger partial charge in [0, 0.05) is 30.3 Å². The van der Waals surface area contributed by atoms with Crippen LogP contribution >= 0.6 is 0 Å². The summed E-state index contributed by atoms with van der Waals surface area (Å²) in [6, 6.07) is 11.5. The van der Waals surface area contributed by atoms with Crippen LogP contribution in [0, 0.1) is 18.8 Å². The molecule has 0 bridgehead atoms. The third kappa shape index (κ3) is 4.53. The number of carbonyl (C=O) groups is 2. The van der Waals surface area contributed by atoms with E-state index in [4.69, 9.17) is 9.47 Å². The van der Waals surface area contributed by atoms with Crippen molar-refractivity contribution in [3.05, 3.63) is 53.1 Å². The minimum absolute atomic E-state index is 0.00440. The first-order valence-electron chi connectivity index (χ1n) is 10.9. The van der Waals surface area contributed by atoms with Crippen LogP contribution < -0.4 is 14.8 Å². The van der Waals surface area contributed by atoms with Gasteiger partial charge in [-0.15, -0.1) is 0 Å². The molecule has 1 aliphatic heterocycles. The zero-order chi connectivity index (χ0) is 22.0. The van der Waals surface area contributed by atoms with E-state index >= 15 is 0 Å². The highest BCUT2D eigenvalue weighted by Gasteiger charge is 2.35. The Morgan fingerprint density at radius 3 is 2.35 bits per heavy atom. The monoisotopic (exact) mass is 422 g/mol. The highest BCUT2D eigenvalue weighted by Crippen LogP contribution is 2.39. The Bertz CT molecular complexity index is 962. The van der Waals surface area contributed by atoms with E-state index in [1.165, 1.54) is 5.56 Å². The van der Waals surface area contributed by atoms with Gasteiger partial charge in [0.15, 0.2) is 17.3 Å². The predicted molar refractivity (Wildman–Crippen MR) is 120 cm³/mol. The van der Waals surface area contributed by atoms with Crippen molar-refractivity contribution < 1.29 is 19.1 Å². The molecule has 6 nitrogen and oxygen atoms in total. The molecule has 164 valence electrons. The molecular weight excluding hydrogens is 392 g/mol. The van der Waals surface area contributed by atoms with Crippen LogP contribution in [0.3, 0.4) is 0 Å². The van der Waals surface area contributed by atoms with E-state index in [-0.39, 0.29) is 17.7 Å². The molecule has 2 aliphatic rings. The number of benzene rings is 2. The van der Waals surface area contributed by atoms with Crippen molar-refractivity contribution in [1.29, 1.82) is 0 Å². The number of ether oxygens (including phenoxy) is 2. The molecule has 1 unspecified atom stereocenters. The predicted octanol–water partition coefficient (Wildman–Crippen LogP) is 4.70. The summed E-state index contributed by atoms with van der Waals surface area (Å²) in [7, 11) is 3.20. The number of rotatable bonds is 5. The number of piperidine rings is 1. The third-order valence-corrected chi connectivity index (χ3v) is 6.53. The summed E-state index contributed by atoms with van der Waals surface area (Å²) in [5.74, 6) is 1.93. The van der Waals surface area contributed by atoms with Gasteiger partial charge < -0.3 is 19.7 Å². The standard InChI is InChI=1S/C25H30N2O4/c1-16-4-6-20(7-5-16)26-25(29)27-10-8-17(9-11-27)12-19-13-18-14-22(30-2)23(31-3)15-21(18)24(19)28/h4-7,14-15,17,19H,8-13H2,1-3H3,(H,26,29). The summed E-state index contributed by atoms with van der Waals surface area (Å²) in [5, 5.41) is 2.98. The van der Waals surface area contributed by atoms with Crippen molar-refractivity contribution in [1.82, 2.24) is 4.90 Å². The molecule has 2 aromatic rings. The molecule has 2 aromatic carbocycles. The lowest BCUT2D eigenvalue weighted by Crippen LogP contribution is -2.41. The average molecular weight is 423 g/mol. The number of urea groups is 1. The minimum atomic E-state index is -0.0501. The number of carbonyl (C=O) groups excluding carboxylic acids is 2. The van der Waals surface area contributed by atoms with Crippen molar-refractivity contribution in [2.24, 2.45) is 11.8 Å². The largest absolute Gasteiger partial charge is 0.493 e. The molecule has 1 saturated heterocycles. The molecular formula is C25H30N2O4. The first kappa shape index (κ1) is 21.2. The molecule has 1 atom stereocenters. The number of hydrogen-bond acceptors (Lipinski definition) is 4. The summed E-state index contributed by atoms with van der Waals surface area (Å²) < 4.78 is 10.7. The summed E-state index contributed by atoms with van der Waals surface area (Å²) >= 11 is 0. The van der Waals surface area contributed by atoms with E-state index in [0.29, 0.717) is 17.4 Å². The van der Waals surface area contributed by atoms with Crippen LogP contribution in [0.4, 0.5) is 10.5 Å². The van der Waals surface area contributed by atoms with E-state index < -0.39 is 0 Å². The number of anilines is 1. The fourth-order valence-corrected chi connectivity index (χ4v) is 4.70. The SMILES string of the molecule is COc1cc2c(cc1OC)C(=O)C(CC1CCN(C(=O)Nc3ccc(C)cc3)CC1)C2. The van der Waals surface area contributed by atoms with Gasteiger partial charge in [0.05, 0.1) is 14.2 Å². The molecule has 1 N–H and O–H groups in total. The maximum absolute atomic E-state index is 13.0. The number of aryl methyl sites for hydroxylation is 1. The minimum Gasteiger partial charge on any atom is -0.493 e. The highest BCUT2D eigenvalue weighted by atomic mass is 16.5. The molecule has 4 rings (SSSR count). The number of nitrogens with one attached hydrogen (secondary N) is 1. The van der Waals surface area contributed by atoms with Gasteiger partial charge >= 0.3 is 6.03 Å². The van der Waals surface area contributed by atoms with Gasteiger partial charge in [0.25, 0.3) is 0 Å². The van der Waals surface area contributed by atoms with E-state index in [2.05, 4.69) is 5.32 Å². The van der Waals surface area contributed by atoms with Crippen LogP contribution in [-0.2, 0) is 6.42 Å². The average Bonchev–Trinajstić information content (AvgIpc) is 3.09. The normalized spacial score (nSPS) is 18.6. The molecule has 6 heteroatoms. The van der Waals surface area contributed by atoms with Crippen LogP contribution in [0.2, 0.25) is 0 Å². The highest BCUT2D eigenvalue weighted by molar-refractivity contribution is 6.03. The number of Topliss-reactive ketones (excluding diaryl/α,β-unsaturated/α-hetero) is 1. The van der Waals surface area contributed by atoms with Gasteiger partial charge in [0.2, 0.25) is 0 Å². The molecule has 0 saturated carbocycles. The molecule has 0 aromatic heterocycles. The molecule has 1 fully saturated rings. The van der Waals surface area contributed by atoms with Crippen molar-refractivity contribution in [3.8, 4) is 11.5 Å². The Morgan fingerprint density at radius 1 is 1.06 bits per heavy atom. The van der Waals surface area contributed by atoms with Crippen molar-refractivity contribution in [3.63, 3.8) is 0 Å². The topological polar surface area (TPSA) is 67.9 Å². The zero-order valence-electron chi connectivity index (χ0n) is 18.4. The maximum atomic E-state index is 13.0. The van der Waals surface area contributed by atoms with Crippen molar-refractivity contribution in [2.75, 3.05) is 32.6 Å². The van der Waals surface area contributed by atoms with Crippen LogP contribution in [0.5, 0.6) is 11.5 Å². The van der Waals surface area contributed by atoms with E-state index in [1.54, 1.807) is 14.2 Å². The Kier molecular flexibility index (Phi) is 6.16. The van der Waals surface area contributed by atoms with Crippen LogP contribution in [-0.4, -0.2) is 44.0 Å². The van der Waals surface area contributed by atoms with Gasteiger partial charge in [-0.25, -0.2) is 4.79 Å². The second-order valence-corrected chi connectivity index (χ2v) is 8.59. The molecule has 0 spiro atoms. The van der Waals surface area contributed by atoms with Gasteiger partial charge in [-0.1, -0.05) is 17.7 Å². The van der Waals surface area contributed by atoms with Gasteiger partial charge in [-0.2, -0.15) is 0 Å². The lowest BCUT2D eigenvalue weighted by molar-refractivity contribution is 0.0903. The second-order valence-electron chi connectivity index (χ2n) is 8.59. The molecule has 1 aliphatic carbocycles. The Balaban J connectivity index is 1.31. The number of likely N-dealkylation sites (tertiary alicyclic amines) is 1. The van der Waals surface area contributed by atoms with E-state index in [0.717, 1.165) is 55.6 Å². The molecule has 1 heterocycles.